The lowest BCUT2D eigenvalue weighted by atomic mass is 9.84. The van der Waals surface area contributed by atoms with Crippen molar-refractivity contribution in [1.82, 2.24) is 0 Å². The van der Waals surface area contributed by atoms with Crippen LogP contribution in [-0.4, -0.2) is 34.7 Å². The van der Waals surface area contributed by atoms with E-state index in [1.54, 1.807) is 6.92 Å². The maximum absolute atomic E-state index is 11.8. The van der Waals surface area contributed by atoms with Crippen LogP contribution in [0.4, 0.5) is 13.2 Å². The molecule has 0 unspecified atom stereocenters. The summed E-state index contributed by atoms with van der Waals surface area (Å²) in [5, 5.41) is 17.9. The number of rotatable bonds is 6. The summed E-state index contributed by atoms with van der Waals surface area (Å²) in [6.07, 6.45) is 0.638. The lowest BCUT2D eigenvalue weighted by Gasteiger charge is -2.28. The molecule has 0 radical (unpaired) electrons. The molecule has 0 aliphatic heterocycles. The predicted octanol–water partition coefficient (Wildman–Crippen LogP) is 2.01. The van der Waals surface area contributed by atoms with Gasteiger partial charge in [0.2, 0.25) is 0 Å². The molecule has 86 valence electrons. The molecule has 0 aliphatic carbocycles. The zero-order valence-corrected chi connectivity index (χ0v) is 8.79. The Morgan fingerprint density at radius 2 is 1.64 bits per heavy atom. The van der Waals surface area contributed by atoms with E-state index in [0.717, 1.165) is 0 Å². The van der Waals surface area contributed by atoms with E-state index >= 15 is 0 Å². The molecule has 0 fully saturated rings. The molecule has 14 heavy (non-hydrogen) atoms. The highest BCUT2D eigenvalue weighted by Gasteiger charge is 2.31. The summed E-state index contributed by atoms with van der Waals surface area (Å²) in [4.78, 5) is 0. The van der Waals surface area contributed by atoms with Crippen molar-refractivity contribution in [1.29, 1.82) is 0 Å². The molecule has 2 nitrogen and oxygen atoms in total. The quantitative estimate of drug-likeness (QED) is 0.736. The summed E-state index contributed by atoms with van der Waals surface area (Å²) in [6.45, 7) is 1.18. The van der Waals surface area contributed by atoms with Gasteiger partial charge in [-0.25, -0.2) is 0 Å². The monoisotopic (exact) mass is 232 g/mol. The fourth-order valence-electron chi connectivity index (χ4n) is 0.992. The van der Waals surface area contributed by atoms with Crippen LogP contribution in [0.2, 0.25) is 0 Å². The zero-order valence-electron chi connectivity index (χ0n) is 7.97. The fourth-order valence-corrected chi connectivity index (χ4v) is 1.76. The molecule has 2 N–H and O–H groups in total. The van der Waals surface area contributed by atoms with Crippen molar-refractivity contribution < 1.29 is 23.4 Å². The Morgan fingerprint density at radius 1 is 1.14 bits per heavy atom. The van der Waals surface area contributed by atoms with Crippen molar-refractivity contribution >= 4 is 11.8 Å². The fraction of sp³-hybridized carbons (Fsp3) is 1.00. The van der Waals surface area contributed by atoms with Crippen molar-refractivity contribution in [3.05, 3.63) is 0 Å². The minimum atomic E-state index is -4.23. The number of aliphatic hydroxyl groups excluding tert-OH is 2. The third kappa shape index (κ3) is 5.07. The molecule has 0 saturated heterocycles. The van der Waals surface area contributed by atoms with Crippen molar-refractivity contribution in [3.8, 4) is 0 Å². The molecule has 0 bridgehead atoms. The predicted molar refractivity (Wildman–Crippen MR) is 50.0 cm³/mol. The number of hydrogen-bond acceptors (Lipinski definition) is 3. The number of thioether (sulfide) groups is 1. The van der Waals surface area contributed by atoms with E-state index in [2.05, 4.69) is 0 Å². The molecule has 0 saturated carbocycles. The first-order valence-corrected chi connectivity index (χ1v) is 5.30. The van der Waals surface area contributed by atoms with Gasteiger partial charge in [-0.2, -0.15) is 13.2 Å². The Morgan fingerprint density at radius 3 is 1.93 bits per heavy atom. The smallest absolute Gasteiger partial charge is 0.396 e. The largest absolute Gasteiger partial charge is 0.441 e. The van der Waals surface area contributed by atoms with Crippen molar-refractivity contribution in [3.63, 3.8) is 0 Å². The Kier molecular flexibility index (Phi) is 5.85. The Labute approximate surface area is 85.5 Å². The van der Waals surface area contributed by atoms with Gasteiger partial charge >= 0.3 is 5.51 Å². The summed E-state index contributed by atoms with van der Waals surface area (Å²) in [5.41, 5.74) is -5.00. The van der Waals surface area contributed by atoms with E-state index in [4.69, 9.17) is 10.2 Å². The molecule has 0 aromatic carbocycles. The average Bonchev–Trinajstić information content (AvgIpc) is 2.11. The normalized spacial score (nSPS) is 13.3. The maximum atomic E-state index is 11.8. The number of alkyl halides is 3. The summed E-state index contributed by atoms with van der Waals surface area (Å²) < 4.78 is 35.3. The summed E-state index contributed by atoms with van der Waals surface area (Å²) >= 11 is -0.116. The standard InChI is InChI=1S/C8H15F3O2S/c1-2-7(5-12,6-13)3-4-14-8(9,10)11/h12-13H,2-6H2,1H3. The summed E-state index contributed by atoms with van der Waals surface area (Å²) in [6, 6.07) is 0. The average molecular weight is 232 g/mol. The third-order valence-electron chi connectivity index (χ3n) is 2.32. The van der Waals surface area contributed by atoms with Crippen LogP contribution in [0.15, 0.2) is 0 Å². The third-order valence-corrected chi connectivity index (χ3v) is 3.05. The summed E-state index contributed by atoms with van der Waals surface area (Å²) in [7, 11) is 0. The number of halogens is 3. The second-order valence-electron chi connectivity index (χ2n) is 3.21. The van der Waals surface area contributed by atoms with Crippen molar-refractivity contribution in [2.24, 2.45) is 5.41 Å². The van der Waals surface area contributed by atoms with Crippen LogP contribution in [0.5, 0.6) is 0 Å². The molecule has 0 atom stereocenters. The van der Waals surface area contributed by atoms with E-state index in [-0.39, 0.29) is 37.1 Å². The topological polar surface area (TPSA) is 40.5 Å². The van der Waals surface area contributed by atoms with E-state index in [1.165, 1.54) is 0 Å². The molecule has 0 aliphatic rings. The van der Waals surface area contributed by atoms with Gasteiger partial charge < -0.3 is 10.2 Å². The molecule has 0 spiro atoms. The minimum absolute atomic E-state index is 0.116. The molecule has 0 rings (SSSR count). The van der Waals surface area contributed by atoms with Crippen molar-refractivity contribution in [2.45, 2.75) is 25.3 Å². The SMILES string of the molecule is CCC(CO)(CO)CCSC(F)(F)F. The molecular formula is C8H15F3O2S. The highest BCUT2D eigenvalue weighted by Crippen LogP contribution is 2.34. The van der Waals surface area contributed by atoms with Gasteiger partial charge in [0.25, 0.3) is 0 Å². The Hall–Kier alpha value is 0.0600. The van der Waals surface area contributed by atoms with Crippen LogP contribution in [0.25, 0.3) is 0 Å². The number of aliphatic hydroxyl groups is 2. The van der Waals surface area contributed by atoms with Crippen LogP contribution in [0.3, 0.4) is 0 Å². The first-order chi connectivity index (χ1) is 6.39. The van der Waals surface area contributed by atoms with Gasteiger partial charge in [0.05, 0.1) is 13.2 Å². The van der Waals surface area contributed by atoms with Gasteiger partial charge in [-0.3, -0.25) is 0 Å². The molecule has 0 aromatic rings. The van der Waals surface area contributed by atoms with E-state index < -0.39 is 10.9 Å². The highest BCUT2D eigenvalue weighted by atomic mass is 32.2. The van der Waals surface area contributed by atoms with Gasteiger partial charge in [-0.15, -0.1) is 0 Å². The first kappa shape index (κ1) is 14.1. The van der Waals surface area contributed by atoms with Gasteiger partial charge in [0.15, 0.2) is 0 Å². The van der Waals surface area contributed by atoms with Crippen LogP contribution < -0.4 is 0 Å². The van der Waals surface area contributed by atoms with E-state index in [1.807, 2.05) is 0 Å². The van der Waals surface area contributed by atoms with Gasteiger partial charge in [0, 0.05) is 11.2 Å². The highest BCUT2D eigenvalue weighted by molar-refractivity contribution is 8.00. The van der Waals surface area contributed by atoms with Crippen LogP contribution >= 0.6 is 11.8 Å². The van der Waals surface area contributed by atoms with E-state index in [0.29, 0.717) is 6.42 Å². The summed E-state index contributed by atoms with van der Waals surface area (Å²) in [5.74, 6) is -0.127. The van der Waals surface area contributed by atoms with Crippen molar-refractivity contribution in [2.75, 3.05) is 19.0 Å². The number of hydrogen-bond donors (Lipinski definition) is 2. The molecule has 0 amide bonds. The van der Waals surface area contributed by atoms with Gasteiger partial charge in [0.1, 0.15) is 0 Å². The maximum Gasteiger partial charge on any atom is 0.441 e. The lowest BCUT2D eigenvalue weighted by molar-refractivity contribution is -0.0332. The molecule has 0 aromatic heterocycles. The molecule has 0 heterocycles. The van der Waals surface area contributed by atoms with Gasteiger partial charge in [-0.1, -0.05) is 18.7 Å². The van der Waals surface area contributed by atoms with Crippen LogP contribution in [0.1, 0.15) is 19.8 Å². The van der Waals surface area contributed by atoms with E-state index in [9.17, 15) is 13.2 Å². The van der Waals surface area contributed by atoms with Crippen LogP contribution in [-0.2, 0) is 0 Å². The lowest BCUT2D eigenvalue weighted by Crippen LogP contribution is -2.30. The zero-order chi connectivity index (χ0) is 11.2. The Balaban J connectivity index is 3.95. The first-order valence-electron chi connectivity index (χ1n) is 4.31. The van der Waals surface area contributed by atoms with Crippen LogP contribution in [0, 0.1) is 5.41 Å². The molecule has 6 heteroatoms. The second kappa shape index (κ2) is 5.82. The molecular weight excluding hydrogens is 217 g/mol. The second-order valence-corrected chi connectivity index (χ2v) is 4.37. The minimum Gasteiger partial charge on any atom is -0.396 e. The Bertz CT molecular complexity index is 149. The van der Waals surface area contributed by atoms with Gasteiger partial charge in [-0.05, 0) is 12.8 Å².